The van der Waals surface area contributed by atoms with Gasteiger partial charge in [0.1, 0.15) is 91.1 Å². The van der Waals surface area contributed by atoms with Crippen molar-refractivity contribution in [1.82, 2.24) is 50.8 Å². The summed E-state index contributed by atoms with van der Waals surface area (Å²) in [6, 6.07) is 51.4. The van der Waals surface area contributed by atoms with E-state index in [0.29, 0.717) is 87.6 Å². The third-order valence-corrected chi connectivity index (χ3v) is 22.3. The predicted octanol–water partition coefficient (Wildman–Crippen LogP) is 16.3. The number of pyridine rings is 2. The summed E-state index contributed by atoms with van der Waals surface area (Å²) in [6.45, 7) is 16.6. The van der Waals surface area contributed by atoms with Crippen molar-refractivity contribution in [2.45, 2.75) is 163 Å². The number of ketones is 1. The number of carbonyl (C=O) groups is 4. The first-order chi connectivity index (χ1) is 59.5. The van der Waals surface area contributed by atoms with Crippen LogP contribution in [-0.2, 0) is 94.3 Å². The average molecular weight is 1850 g/mol. The van der Waals surface area contributed by atoms with E-state index in [1.165, 1.54) is 12.4 Å². The summed E-state index contributed by atoms with van der Waals surface area (Å²) < 4.78 is 42.5. The number of Topliss-reactive ketones (excluding diaryl/α,β-unsaturated/α-hetero) is 1. The van der Waals surface area contributed by atoms with Crippen molar-refractivity contribution >= 4 is 101 Å². The van der Waals surface area contributed by atoms with Crippen LogP contribution in [0.4, 0.5) is 0 Å². The summed E-state index contributed by atoms with van der Waals surface area (Å²) in [5.74, 6) is -1.08. The van der Waals surface area contributed by atoms with Crippen LogP contribution in [0.3, 0.4) is 0 Å². The van der Waals surface area contributed by atoms with E-state index >= 15 is 0 Å². The summed E-state index contributed by atoms with van der Waals surface area (Å²) in [5, 5.41) is 80.4. The van der Waals surface area contributed by atoms with Gasteiger partial charge in [0, 0.05) is 116 Å². The van der Waals surface area contributed by atoms with E-state index in [2.05, 4.69) is 118 Å². The van der Waals surface area contributed by atoms with Crippen LogP contribution >= 0.6 is 55.1 Å². The molecule has 12 aromatic rings. The second-order valence-corrected chi connectivity index (χ2v) is 33.7. The van der Waals surface area contributed by atoms with Crippen LogP contribution in [-0.4, -0.2) is 129 Å². The van der Waals surface area contributed by atoms with E-state index in [9.17, 15) is 45.0 Å². The minimum atomic E-state index is -1.21. The number of carbonyl (C=O) groups excluding carboxylic acids is 2. The Hall–Kier alpha value is -11.5. The average Bonchev–Trinajstić information content (AvgIpc) is 1.62. The molecule has 0 saturated heterocycles. The molecule has 30 heteroatoms. The van der Waals surface area contributed by atoms with Crippen LogP contribution in [0.25, 0.3) is 44.1 Å². The van der Waals surface area contributed by atoms with Gasteiger partial charge in [-0.15, -0.1) is 0 Å². The number of nitrogens with zero attached hydrogens (tertiary/aromatic N) is 8. The standard InChI is InChI=1S/C52H58BrClN6O6.C42H38BrClN6O8/c1-9-44(33(2)61)57-26-34-16-18-35(19-17-34)29-60-46-15-11-13-40(42(46)28-59-60)41-14-10-12-38(49(41)53)31-64-48-22-47(63-30-37-20-36(23-55)24-56-25-37)39(21-43(48)54)27-58-45(32-65-51(3,4)5)50(62)66-52(6,7)8;43-40-29(24-58-39-13-38(57-23-28-11-27(14-45)15-46-16-28)30(12-34(39)44)18-48-36(22-52)42(55)56)3-1-5-32(40)31-4-2-6-37-33(31)19-49-50(37)20-26-9-7-25(8-10-26)17-47-35(21-51)41(53)54/h10-22,24-25,28,44-45,57-58H,9,26-27,29-32H2,1-8H3;1-13,15-16,19,35-36,47-48,51-52H,17-18,20-24H2,(H,53,54)(H,55,56)/t44-,45-;35-,36-/m00/s1. The van der Waals surface area contributed by atoms with Crippen LogP contribution in [0.15, 0.2) is 204 Å². The Morgan fingerprint density at radius 2 is 0.863 bits per heavy atom. The highest BCUT2D eigenvalue weighted by atomic mass is 79.9. The predicted molar refractivity (Wildman–Crippen MR) is 479 cm³/mol. The number of halogens is 4. The zero-order valence-electron chi connectivity index (χ0n) is 69.6. The first-order valence-electron chi connectivity index (χ1n) is 39.9. The highest BCUT2D eigenvalue weighted by molar-refractivity contribution is 9.11. The Morgan fingerprint density at radius 3 is 1.26 bits per heavy atom. The maximum absolute atomic E-state index is 13.3. The molecule has 0 bridgehead atoms. The van der Waals surface area contributed by atoms with Gasteiger partial charge < -0.3 is 54.2 Å². The largest absolute Gasteiger partial charge is 0.488 e. The van der Waals surface area contributed by atoms with E-state index in [4.69, 9.17) is 66.9 Å². The van der Waals surface area contributed by atoms with Gasteiger partial charge in [0.05, 0.1) is 89.2 Å². The molecule has 0 amide bonds. The number of fused-ring (bicyclic) bond motifs is 2. The molecule has 8 aromatic carbocycles. The fourth-order valence-corrected chi connectivity index (χ4v) is 15.0. The van der Waals surface area contributed by atoms with Gasteiger partial charge >= 0.3 is 17.9 Å². The number of benzene rings is 8. The normalized spacial score (nSPS) is 12.5. The van der Waals surface area contributed by atoms with Crippen molar-refractivity contribution in [3.05, 3.63) is 281 Å². The van der Waals surface area contributed by atoms with Gasteiger partial charge in [0.2, 0.25) is 0 Å². The Balaban J connectivity index is 0.000000243. The molecule has 644 valence electrons. The fourth-order valence-electron chi connectivity index (χ4n) is 13.3. The smallest absolute Gasteiger partial charge is 0.326 e. The molecule has 124 heavy (non-hydrogen) atoms. The Bertz CT molecular complexity index is 5850. The minimum Gasteiger partial charge on any atom is -0.488 e. The van der Waals surface area contributed by atoms with Crippen molar-refractivity contribution in [2.24, 2.45) is 0 Å². The summed E-state index contributed by atoms with van der Waals surface area (Å²) in [7, 11) is 0. The van der Waals surface area contributed by atoms with Crippen LogP contribution < -0.4 is 40.2 Å². The van der Waals surface area contributed by atoms with Gasteiger partial charge in [-0.25, -0.2) is 0 Å². The molecule has 12 rings (SSSR count). The number of nitriles is 2. The van der Waals surface area contributed by atoms with Gasteiger partial charge in [-0.3, -0.25) is 54.5 Å². The number of esters is 1. The number of hydrogen-bond donors (Lipinski definition) is 8. The summed E-state index contributed by atoms with van der Waals surface area (Å²) >= 11 is 21.4. The Morgan fingerprint density at radius 1 is 0.468 bits per heavy atom. The van der Waals surface area contributed by atoms with E-state index in [1.54, 1.807) is 55.7 Å². The van der Waals surface area contributed by atoms with Crippen molar-refractivity contribution < 1.29 is 68.0 Å². The number of ether oxygens (including phenoxy) is 6. The molecule has 0 saturated carbocycles. The molecule has 8 N–H and O–H groups in total. The van der Waals surface area contributed by atoms with Crippen molar-refractivity contribution in [2.75, 3.05) is 19.8 Å². The number of aliphatic hydroxyl groups is 2. The van der Waals surface area contributed by atoms with Crippen LogP contribution in [0.2, 0.25) is 10.0 Å². The summed E-state index contributed by atoms with van der Waals surface area (Å²) in [4.78, 5) is 56.2. The second kappa shape index (κ2) is 43.7. The number of carboxylic acids is 2. The molecule has 4 atom stereocenters. The zero-order chi connectivity index (χ0) is 88.8. The van der Waals surface area contributed by atoms with Gasteiger partial charge in [-0.1, -0.05) is 139 Å². The van der Waals surface area contributed by atoms with Gasteiger partial charge in [0.25, 0.3) is 0 Å². The van der Waals surface area contributed by atoms with Crippen molar-refractivity contribution in [1.29, 1.82) is 10.5 Å². The van der Waals surface area contributed by atoms with Gasteiger partial charge in [-0.05, 0) is 168 Å². The number of rotatable bonds is 39. The van der Waals surface area contributed by atoms with Gasteiger partial charge in [-0.2, -0.15) is 20.7 Å². The fraction of sp³-hybridized carbons (Fsp3) is 0.298. The lowest BCUT2D eigenvalue weighted by Gasteiger charge is -2.27. The Labute approximate surface area is 745 Å². The molecule has 0 spiro atoms. The number of aliphatic hydroxyl groups excluding tert-OH is 2. The highest BCUT2D eigenvalue weighted by Crippen LogP contribution is 2.41. The van der Waals surface area contributed by atoms with Crippen LogP contribution in [0.1, 0.15) is 129 Å². The van der Waals surface area contributed by atoms with E-state index in [1.807, 2.05) is 149 Å². The van der Waals surface area contributed by atoms with Crippen molar-refractivity contribution in [3.63, 3.8) is 0 Å². The quantitative estimate of drug-likeness (QED) is 0.0166. The van der Waals surface area contributed by atoms with E-state index in [-0.39, 0.29) is 63.0 Å². The number of hydrogen-bond acceptors (Lipinski definition) is 22. The SMILES string of the molecule is CC[C@H](NCc1ccc(Cn2ncc3c(-c4cccc(COc5cc(OCc6cncc(C#N)c6)c(CN[C@@H](COC(C)(C)C)C(=O)OC(C)(C)C)cc5Cl)c4Br)cccc32)cc1)C(C)=O.N#Cc1cncc(COc2cc(OCc3cccc(-c4cccc5c4cnn5Cc4ccc(CN[C@@H](CO)C(=O)O)cc4)c3Br)c(Cl)cc2CN[C@@H](CO)C(=O)O)c1. The Kier molecular flexibility index (Phi) is 32.9. The van der Waals surface area contributed by atoms with Crippen molar-refractivity contribution in [3.8, 4) is 57.4 Å². The second-order valence-electron chi connectivity index (χ2n) is 31.3. The number of aliphatic carboxylic acids is 2. The maximum Gasteiger partial charge on any atom is 0.326 e. The molecule has 0 aliphatic carbocycles. The first-order valence-corrected chi connectivity index (χ1v) is 42.3. The topological polar surface area (TPSA) is 362 Å². The summed E-state index contributed by atoms with van der Waals surface area (Å²) in [5.41, 5.74) is 13.8. The maximum atomic E-state index is 13.3. The number of carboxylic acid groups (broad SMARTS) is 2. The third kappa shape index (κ3) is 25.6. The molecular weight excluding hydrogens is 1750 g/mol. The molecular formula is C94H96Br2Cl2N12O14. The van der Waals surface area contributed by atoms with Crippen LogP contribution in [0.5, 0.6) is 23.0 Å². The van der Waals surface area contributed by atoms with E-state index < -0.39 is 60.4 Å². The lowest BCUT2D eigenvalue weighted by Crippen LogP contribution is -2.45. The molecule has 4 aromatic heterocycles. The molecule has 26 nitrogen and oxygen atoms in total. The lowest BCUT2D eigenvalue weighted by molar-refractivity contribution is -0.160. The molecule has 4 heterocycles. The molecule has 0 aliphatic heterocycles. The highest BCUT2D eigenvalue weighted by Gasteiger charge is 2.29. The molecule has 0 fully saturated rings. The van der Waals surface area contributed by atoms with Gasteiger partial charge in [0.15, 0.2) is 0 Å². The molecule has 0 aliphatic rings. The molecule has 0 unspecified atom stereocenters. The number of nitrogens with one attached hydrogen (secondary N) is 4. The zero-order valence-corrected chi connectivity index (χ0v) is 74.3. The van der Waals surface area contributed by atoms with Crippen LogP contribution in [0, 0.1) is 22.7 Å². The molecule has 0 radical (unpaired) electrons. The van der Waals surface area contributed by atoms with E-state index in [0.717, 1.165) is 92.8 Å². The minimum absolute atomic E-state index is 0.0196. The number of aromatic nitrogens is 6. The monoisotopic (exact) mass is 1840 g/mol. The lowest BCUT2D eigenvalue weighted by atomic mass is 10.00. The third-order valence-electron chi connectivity index (χ3n) is 19.9. The first kappa shape index (κ1) is 93.2. The summed E-state index contributed by atoms with van der Waals surface area (Å²) in [6.07, 6.45) is 10.7.